The largest absolute Gasteiger partial charge is 0.466 e. The van der Waals surface area contributed by atoms with Gasteiger partial charge in [0.05, 0.1) is 13.2 Å². The van der Waals surface area contributed by atoms with E-state index < -0.39 is 12.1 Å². The third kappa shape index (κ3) is 14.8. The van der Waals surface area contributed by atoms with E-state index in [1.165, 1.54) is 26.0 Å². The molecule has 0 aromatic heterocycles. The van der Waals surface area contributed by atoms with Crippen molar-refractivity contribution in [3.05, 3.63) is 23.3 Å². The van der Waals surface area contributed by atoms with Gasteiger partial charge in [-0.1, -0.05) is 11.1 Å². The number of rotatable bonds is 16. The lowest BCUT2D eigenvalue weighted by atomic mass is 10.0. The number of piperazine rings is 1. The maximum atomic E-state index is 12.4. The first-order valence-corrected chi connectivity index (χ1v) is 12.8. The number of hydrogen-bond acceptors (Lipinski definition) is 8. The summed E-state index contributed by atoms with van der Waals surface area (Å²) in [5, 5.41) is 10.9. The van der Waals surface area contributed by atoms with E-state index in [2.05, 4.69) is 21.3 Å². The van der Waals surface area contributed by atoms with Crippen molar-refractivity contribution in [1.82, 2.24) is 21.3 Å². The maximum Gasteiger partial charge on any atom is 0.302 e. The molecule has 0 aromatic carbocycles. The highest BCUT2D eigenvalue weighted by molar-refractivity contribution is 5.96. The van der Waals surface area contributed by atoms with Gasteiger partial charge < -0.3 is 30.7 Å². The fraction of sp³-hybridized carbons (Fsp3) is 0.615. The van der Waals surface area contributed by atoms with Crippen molar-refractivity contribution in [3.63, 3.8) is 0 Å². The molecule has 2 atom stereocenters. The predicted molar refractivity (Wildman–Crippen MR) is 138 cm³/mol. The molecule has 1 heterocycles. The molecule has 0 unspecified atom stereocenters. The van der Waals surface area contributed by atoms with Gasteiger partial charge in [-0.15, -0.1) is 0 Å². The Bertz CT molecular complexity index is 854. The van der Waals surface area contributed by atoms with Crippen LogP contribution in [0.25, 0.3) is 0 Å². The highest BCUT2D eigenvalue weighted by Gasteiger charge is 2.32. The van der Waals surface area contributed by atoms with Gasteiger partial charge in [0.1, 0.15) is 12.1 Å². The van der Waals surface area contributed by atoms with Crippen molar-refractivity contribution in [2.24, 2.45) is 0 Å². The number of hydrogen-bond donors (Lipinski definition) is 4. The molecule has 1 rings (SSSR count). The highest BCUT2D eigenvalue weighted by Crippen LogP contribution is 2.08. The maximum absolute atomic E-state index is 12.4. The predicted octanol–water partition coefficient (Wildman–Crippen LogP) is 0.561. The zero-order chi connectivity index (χ0) is 28.5. The van der Waals surface area contributed by atoms with E-state index in [1.54, 1.807) is 13.8 Å². The molecule has 12 nitrogen and oxygen atoms in total. The molecular formula is C26H40N4O8. The standard InChI is InChI=1S/C26H40N4O8/c1-17(9-13-37-19(3)31)15-23(33)27-11-5-7-21-25(35)30-22(26(36)29-21)8-6-12-28-24(34)16-18(2)10-14-38-20(4)32/h15-16,21-22H,5-14H2,1-4H3,(H,27,33)(H,28,34)(H,29,36)(H,30,35)/b17-15-,18-16-/t21-,22-/m0/s1. The van der Waals surface area contributed by atoms with Crippen molar-refractivity contribution in [1.29, 1.82) is 0 Å². The number of ether oxygens (including phenoxy) is 2. The molecule has 12 heteroatoms. The monoisotopic (exact) mass is 536 g/mol. The van der Waals surface area contributed by atoms with Crippen molar-refractivity contribution in [2.75, 3.05) is 26.3 Å². The van der Waals surface area contributed by atoms with Gasteiger partial charge in [0.2, 0.25) is 23.6 Å². The van der Waals surface area contributed by atoms with Gasteiger partial charge in [-0.25, -0.2) is 0 Å². The van der Waals surface area contributed by atoms with Gasteiger partial charge >= 0.3 is 11.9 Å². The van der Waals surface area contributed by atoms with Gasteiger partial charge in [-0.3, -0.25) is 28.8 Å². The summed E-state index contributed by atoms with van der Waals surface area (Å²) in [7, 11) is 0. The van der Waals surface area contributed by atoms with Gasteiger partial charge in [-0.2, -0.15) is 0 Å². The van der Waals surface area contributed by atoms with Crippen LogP contribution in [-0.4, -0.2) is 74.0 Å². The van der Waals surface area contributed by atoms with Crippen LogP contribution in [0, 0.1) is 0 Å². The molecule has 4 N–H and O–H groups in total. The van der Waals surface area contributed by atoms with Gasteiger partial charge in [0, 0.05) is 51.9 Å². The summed E-state index contributed by atoms with van der Waals surface area (Å²) in [6.07, 6.45) is 5.54. The summed E-state index contributed by atoms with van der Waals surface area (Å²) >= 11 is 0. The first-order valence-electron chi connectivity index (χ1n) is 12.8. The van der Waals surface area contributed by atoms with Crippen LogP contribution in [0.1, 0.15) is 66.2 Å². The first-order chi connectivity index (χ1) is 18.0. The Labute approximate surface area is 223 Å². The second-order valence-electron chi connectivity index (χ2n) is 9.15. The summed E-state index contributed by atoms with van der Waals surface area (Å²) in [4.78, 5) is 70.2. The summed E-state index contributed by atoms with van der Waals surface area (Å²) in [6.45, 7) is 7.29. The van der Waals surface area contributed by atoms with Gasteiger partial charge in [-0.05, 0) is 39.5 Å². The summed E-state index contributed by atoms with van der Waals surface area (Å²) < 4.78 is 9.68. The first kappa shape index (κ1) is 32.3. The van der Waals surface area contributed by atoms with Crippen LogP contribution in [0.3, 0.4) is 0 Å². The second-order valence-corrected chi connectivity index (χ2v) is 9.15. The summed E-state index contributed by atoms with van der Waals surface area (Å²) in [6, 6.07) is -1.34. The molecule has 0 aromatic rings. The molecule has 38 heavy (non-hydrogen) atoms. The molecule has 0 bridgehead atoms. The van der Waals surface area contributed by atoms with E-state index in [9.17, 15) is 28.8 Å². The smallest absolute Gasteiger partial charge is 0.302 e. The van der Waals surface area contributed by atoms with E-state index in [0.717, 1.165) is 11.1 Å². The third-order valence-corrected chi connectivity index (χ3v) is 5.56. The Morgan fingerprint density at radius 3 is 1.42 bits per heavy atom. The summed E-state index contributed by atoms with van der Waals surface area (Å²) in [5.74, 6) is -1.85. The minimum absolute atomic E-state index is 0.217. The Hall–Kier alpha value is -3.70. The molecule has 4 amide bonds. The molecule has 1 saturated heterocycles. The number of carbonyl (C=O) groups is 6. The highest BCUT2D eigenvalue weighted by atomic mass is 16.5. The van der Waals surface area contributed by atoms with Crippen molar-refractivity contribution in [3.8, 4) is 0 Å². The van der Waals surface area contributed by atoms with Gasteiger partial charge in [0.15, 0.2) is 0 Å². The lowest BCUT2D eigenvalue weighted by molar-refractivity contribution is -0.141. The molecule has 0 radical (unpaired) electrons. The number of nitrogens with one attached hydrogen (secondary N) is 4. The van der Waals surface area contributed by atoms with Crippen LogP contribution in [0.4, 0.5) is 0 Å². The van der Waals surface area contributed by atoms with Crippen LogP contribution in [-0.2, 0) is 38.2 Å². The van der Waals surface area contributed by atoms with E-state index >= 15 is 0 Å². The Kier molecular flexibility index (Phi) is 15.1. The molecule has 1 aliphatic heterocycles. The zero-order valence-corrected chi connectivity index (χ0v) is 22.6. The molecule has 1 aliphatic rings. The SMILES string of the molecule is CC(=O)OCC/C(C)=C\C(=O)NCCC[C@@H]1NC(=O)[C@H](CCCNC(=O)/C=C(/C)CCOC(C)=O)NC1=O. The van der Waals surface area contributed by atoms with E-state index in [4.69, 9.17) is 9.47 Å². The Balaban J connectivity index is 2.25. The van der Waals surface area contributed by atoms with Crippen molar-refractivity contribution in [2.45, 2.75) is 78.3 Å². The molecule has 0 aliphatic carbocycles. The fourth-order valence-electron chi connectivity index (χ4n) is 3.52. The minimum Gasteiger partial charge on any atom is -0.466 e. The molecule has 1 fully saturated rings. The Morgan fingerprint density at radius 1 is 0.711 bits per heavy atom. The van der Waals surface area contributed by atoms with Crippen molar-refractivity contribution < 1.29 is 38.2 Å². The Morgan fingerprint density at radius 2 is 1.08 bits per heavy atom. The second kappa shape index (κ2) is 17.7. The minimum atomic E-state index is -0.670. The molecule has 0 spiro atoms. The van der Waals surface area contributed by atoms with Crippen LogP contribution >= 0.6 is 0 Å². The molecule has 0 saturated carbocycles. The van der Waals surface area contributed by atoms with E-state index in [1.807, 2.05) is 0 Å². The van der Waals surface area contributed by atoms with Crippen LogP contribution in [0.2, 0.25) is 0 Å². The number of amides is 4. The van der Waals surface area contributed by atoms with Crippen molar-refractivity contribution >= 4 is 35.6 Å². The number of carbonyl (C=O) groups excluding carboxylic acids is 6. The summed E-state index contributed by atoms with van der Waals surface area (Å²) in [5.41, 5.74) is 1.55. The van der Waals surface area contributed by atoms with E-state index in [0.29, 0.717) is 51.6 Å². The van der Waals surface area contributed by atoms with Gasteiger partial charge in [0.25, 0.3) is 0 Å². The molecular weight excluding hydrogens is 496 g/mol. The molecule has 212 valence electrons. The quantitative estimate of drug-likeness (QED) is 0.126. The van der Waals surface area contributed by atoms with Crippen LogP contribution in [0.5, 0.6) is 0 Å². The lowest BCUT2D eigenvalue weighted by Crippen LogP contribution is -2.61. The third-order valence-electron chi connectivity index (χ3n) is 5.56. The van der Waals surface area contributed by atoms with Crippen LogP contribution < -0.4 is 21.3 Å². The lowest BCUT2D eigenvalue weighted by Gasteiger charge is -2.29. The average molecular weight is 537 g/mol. The zero-order valence-electron chi connectivity index (χ0n) is 22.6. The normalized spacial score (nSPS) is 17.7. The number of esters is 2. The van der Waals surface area contributed by atoms with E-state index in [-0.39, 0.29) is 48.8 Å². The fourth-order valence-corrected chi connectivity index (χ4v) is 3.52. The topological polar surface area (TPSA) is 169 Å². The average Bonchev–Trinajstić information content (AvgIpc) is 2.81. The van der Waals surface area contributed by atoms with Crippen LogP contribution in [0.15, 0.2) is 23.3 Å².